The third-order valence-electron chi connectivity index (χ3n) is 2.80. The second-order valence-corrected chi connectivity index (χ2v) is 4.54. The lowest BCUT2D eigenvalue weighted by Gasteiger charge is -2.06. The summed E-state index contributed by atoms with van der Waals surface area (Å²) < 4.78 is 1.61. The van der Waals surface area contributed by atoms with Gasteiger partial charge in [0.1, 0.15) is 5.02 Å². The van der Waals surface area contributed by atoms with Crippen LogP contribution in [0.25, 0.3) is 16.7 Å². The minimum atomic E-state index is 0.311. The van der Waals surface area contributed by atoms with E-state index < -0.39 is 0 Å². The van der Waals surface area contributed by atoms with E-state index >= 15 is 0 Å². The first-order valence-electron chi connectivity index (χ1n) is 5.52. The van der Waals surface area contributed by atoms with Gasteiger partial charge in [-0.15, -0.1) is 5.10 Å². The monoisotopic (exact) mass is 258 g/mol. The highest BCUT2D eigenvalue weighted by atomic mass is 35.5. The molecular formula is C13H11ClN4. The van der Waals surface area contributed by atoms with Gasteiger partial charge in [0.15, 0.2) is 11.6 Å². The molecule has 0 radical (unpaired) electrons. The molecule has 18 heavy (non-hydrogen) atoms. The lowest BCUT2D eigenvalue weighted by Crippen LogP contribution is -2.02. The highest BCUT2D eigenvalue weighted by Gasteiger charge is 2.09. The third-order valence-corrected chi connectivity index (χ3v) is 3.09. The third kappa shape index (κ3) is 1.71. The molecule has 0 atom stereocenters. The Morgan fingerprint density at radius 3 is 2.78 bits per heavy atom. The average molecular weight is 259 g/mol. The topological polar surface area (TPSA) is 56.7 Å². The summed E-state index contributed by atoms with van der Waals surface area (Å²) in [6.07, 6.45) is 1.67. The summed E-state index contributed by atoms with van der Waals surface area (Å²) in [6, 6.07) is 10.0. The van der Waals surface area contributed by atoms with E-state index in [1.54, 1.807) is 10.9 Å². The van der Waals surface area contributed by atoms with E-state index in [4.69, 9.17) is 17.3 Å². The van der Waals surface area contributed by atoms with Crippen LogP contribution in [-0.2, 0) is 0 Å². The molecule has 2 heterocycles. The summed E-state index contributed by atoms with van der Waals surface area (Å²) in [5, 5.41) is 5.68. The summed E-state index contributed by atoms with van der Waals surface area (Å²) in [5.41, 5.74) is 7.59. The largest absolute Gasteiger partial charge is 0.381 e. The van der Waals surface area contributed by atoms with Gasteiger partial charge in [-0.3, -0.25) is 0 Å². The van der Waals surface area contributed by atoms with E-state index in [9.17, 15) is 0 Å². The molecule has 3 aromatic rings. The van der Waals surface area contributed by atoms with Gasteiger partial charge in [0.05, 0.1) is 11.7 Å². The van der Waals surface area contributed by atoms with Crippen molar-refractivity contribution < 1.29 is 0 Å². The first-order chi connectivity index (χ1) is 8.65. The maximum Gasteiger partial charge on any atom is 0.164 e. The normalized spacial score (nSPS) is 11.0. The number of halogens is 1. The van der Waals surface area contributed by atoms with E-state index in [1.165, 1.54) is 0 Å². The Hall–Kier alpha value is -2.07. The Morgan fingerprint density at radius 1 is 1.28 bits per heavy atom. The van der Waals surface area contributed by atoms with Crippen LogP contribution in [0.4, 0.5) is 5.82 Å². The van der Waals surface area contributed by atoms with Crippen molar-refractivity contribution in [1.29, 1.82) is 0 Å². The Balaban J connectivity index is 2.25. The predicted octanol–water partition coefficient (Wildman–Crippen LogP) is 2.96. The van der Waals surface area contributed by atoms with Crippen LogP contribution in [0.3, 0.4) is 0 Å². The fourth-order valence-corrected chi connectivity index (χ4v) is 2.05. The van der Waals surface area contributed by atoms with Crippen molar-refractivity contribution in [1.82, 2.24) is 14.8 Å². The van der Waals surface area contributed by atoms with Crippen molar-refractivity contribution in [3.8, 4) is 5.82 Å². The van der Waals surface area contributed by atoms with Crippen LogP contribution in [-0.4, -0.2) is 14.8 Å². The van der Waals surface area contributed by atoms with Crippen LogP contribution in [0.2, 0.25) is 5.02 Å². The first-order valence-corrected chi connectivity index (χ1v) is 5.90. The quantitative estimate of drug-likeness (QED) is 0.730. The number of nitrogens with zero attached hydrogens (tertiary/aromatic N) is 3. The standard InChI is InChI=1S/C13H11ClN4/c1-8-6-9-4-2-3-5-11(9)16-13(8)18-7-10(14)12(15)17-18/h2-7H,1H3,(H2,15,17). The molecule has 90 valence electrons. The average Bonchev–Trinajstić information content (AvgIpc) is 2.68. The Labute approximate surface area is 109 Å². The summed E-state index contributed by atoms with van der Waals surface area (Å²) in [4.78, 5) is 4.59. The van der Waals surface area contributed by atoms with Crippen molar-refractivity contribution >= 4 is 28.3 Å². The fraction of sp³-hybridized carbons (Fsp3) is 0.0769. The van der Waals surface area contributed by atoms with Crippen molar-refractivity contribution in [2.24, 2.45) is 0 Å². The molecule has 0 spiro atoms. The van der Waals surface area contributed by atoms with E-state index in [-0.39, 0.29) is 0 Å². The van der Waals surface area contributed by atoms with Crippen LogP contribution in [0.1, 0.15) is 5.56 Å². The lowest BCUT2D eigenvalue weighted by molar-refractivity contribution is 0.849. The number of fused-ring (bicyclic) bond motifs is 1. The molecule has 5 heteroatoms. The molecule has 0 saturated carbocycles. The maximum absolute atomic E-state index is 5.91. The van der Waals surface area contributed by atoms with Gasteiger partial charge in [-0.05, 0) is 24.6 Å². The Kier molecular flexibility index (Phi) is 2.45. The molecule has 0 saturated heterocycles. The SMILES string of the molecule is Cc1cc2ccccc2nc1-n1cc(Cl)c(N)n1. The number of aryl methyl sites for hydroxylation is 1. The summed E-state index contributed by atoms with van der Waals surface area (Å²) in [6.45, 7) is 1.99. The van der Waals surface area contributed by atoms with Gasteiger partial charge >= 0.3 is 0 Å². The van der Waals surface area contributed by atoms with E-state index in [0.29, 0.717) is 10.8 Å². The Morgan fingerprint density at radius 2 is 2.06 bits per heavy atom. The zero-order chi connectivity index (χ0) is 12.7. The van der Waals surface area contributed by atoms with Crippen LogP contribution < -0.4 is 5.73 Å². The molecule has 0 aliphatic carbocycles. The molecular weight excluding hydrogens is 248 g/mol. The molecule has 0 aliphatic rings. The molecule has 1 aromatic carbocycles. The van der Waals surface area contributed by atoms with Gasteiger partial charge in [-0.2, -0.15) is 0 Å². The second-order valence-electron chi connectivity index (χ2n) is 4.13. The second kappa shape index (κ2) is 3.99. The van der Waals surface area contributed by atoms with Crippen molar-refractivity contribution in [3.05, 3.63) is 47.1 Å². The number of rotatable bonds is 1. The van der Waals surface area contributed by atoms with Gasteiger partial charge in [-0.1, -0.05) is 29.8 Å². The number of nitrogens with two attached hydrogens (primary N) is 1. The van der Waals surface area contributed by atoms with Crippen molar-refractivity contribution in [2.45, 2.75) is 6.92 Å². The van der Waals surface area contributed by atoms with E-state index in [0.717, 1.165) is 22.3 Å². The molecule has 2 aromatic heterocycles. The molecule has 0 unspecified atom stereocenters. The molecule has 0 amide bonds. The van der Waals surface area contributed by atoms with E-state index in [2.05, 4.69) is 16.1 Å². The summed E-state index contributed by atoms with van der Waals surface area (Å²) in [5.74, 6) is 1.05. The number of pyridine rings is 1. The number of hydrogen-bond donors (Lipinski definition) is 1. The summed E-state index contributed by atoms with van der Waals surface area (Å²) in [7, 11) is 0. The van der Waals surface area contributed by atoms with Crippen LogP contribution in [0, 0.1) is 6.92 Å². The Bertz CT molecular complexity index is 713. The number of nitrogen functional groups attached to an aromatic ring is 1. The molecule has 2 N–H and O–H groups in total. The van der Waals surface area contributed by atoms with Crippen LogP contribution in [0.5, 0.6) is 0 Å². The van der Waals surface area contributed by atoms with Gasteiger partial charge in [0.2, 0.25) is 0 Å². The minimum absolute atomic E-state index is 0.311. The smallest absolute Gasteiger partial charge is 0.164 e. The molecule has 4 nitrogen and oxygen atoms in total. The van der Waals surface area contributed by atoms with Gasteiger partial charge in [0, 0.05) is 5.39 Å². The van der Waals surface area contributed by atoms with Crippen molar-refractivity contribution in [3.63, 3.8) is 0 Å². The predicted molar refractivity (Wildman–Crippen MR) is 73.0 cm³/mol. The first kappa shape index (κ1) is 11.0. The van der Waals surface area contributed by atoms with Gasteiger partial charge in [0.25, 0.3) is 0 Å². The number of hydrogen-bond acceptors (Lipinski definition) is 3. The minimum Gasteiger partial charge on any atom is -0.381 e. The number of benzene rings is 1. The van der Waals surface area contributed by atoms with Crippen LogP contribution >= 0.6 is 11.6 Å². The highest BCUT2D eigenvalue weighted by Crippen LogP contribution is 2.22. The summed E-state index contributed by atoms with van der Waals surface area (Å²) >= 11 is 5.91. The molecule has 0 fully saturated rings. The zero-order valence-corrected chi connectivity index (χ0v) is 10.5. The van der Waals surface area contributed by atoms with E-state index in [1.807, 2.05) is 31.2 Å². The number of para-hydroxylation sites is 1. The van der Waals surface area contributed by atoms with Gasteiger partial charge in [-0.25, -0.2) is 9.67 Å². The van der Waals surface area contributed by atoms with Crippen molar-refractivity contribution in [2.75, 3.05) is 5.73 Å². The maximum atomic E-state index is 5.91. The highest BCUT2D eigenvalue weighted by molar-refractivity contribution is 6.32. The zero-order valence-electron chi connectivity index (χ0n) is 9.76. The number of anilines is 1. The number of aromatic nitrogens is 3. The molecule has 3 rings (SSSR count). The fourth-order valence-electron chi connectivity index (χ4n) is 1.92. The molecule has 0 bridgehead atoms. The van der Waals surface area contributed by atoms with Gasteiger partial charge < -0.3 is 5.73 Å². The molecule has 0 aliphatic heterocycles. The van der Waals surface area contributed by atoms with Crippen LogP contribution in [0.15, 0.2) is 36.5 Å². The lowest BCUT2D eigenvalue weighted by atomic mass is 10.1.